The molecular formula is C28H27N5O2S. The lowest BCUT2D eigenvalue weighted by atomic mass is 9.99. The van der Waals surface area contributed by atoms with Crippen LogP contribution in [0.1, 0.15) is 51.2 Å². The average molecular weight is 498 g/mol. The highest BCUT2D eigenvalue weighted by molar-refractivity contribution is 7.15. The van der Waals surface area contributed by atoms with Crippen molar-refractivity contribution in [3.05, 3.63) is 87.3 Å². The van der Waals surface area contributed by atoms with E-state index in [9.17, 15) is 4.79 Å². The van der Waals surface area contributed by atoms with Crippen LogP contribution in [0, 0.1) is 20.8 Å². The number of esters is 1. The number of anilines is 2. The van der Waals surface area contributed by atoms with E-state index < -0.39 is 6.04 Å². The van der Waals surface area contributed by atoms with Gasteiger partial charge in [0.15, 0.2) is 5.82 Å². The lowest BCUT2D eigenvalue weighted by molar-refractivity contribution is -0.141. The molecule has 4 aromatic rings. The van der Waals surface area contributed by atoms with Crippen LogP contribution in [-0.2, 0) is 16.0 Å². The molecule has 182 valence electrons. The Kier molecular flexibility index (Phi) is 5.48. The molecule has 0 radical (unpaired) electrons. The third-order valence-electron chi connectivity index (χ3n) is 7.17. The molecule has 0 unspecified atom stereocenters. The van der Waals surface area contributed by atoms with Crippen molar-refractivity contribution < 1.29 is 9.53 Å². The van der Waals surface area contributed by atoms with Gasteiger partial charge >= 0.3 is 5.97 Å². The minimum atomic E-state index is -0.488. The van der Waals surface area contributed by atoms with Crippen LogP contribution in [0.2, 0.25) is 0 Å². The monoisotopic (exact) mass is 497 g/mol. The Morgan fingerprint density at radius 1 is 1.08 bits per heavy atom. The Hall–Kier alpha value is -3.78. The van der Waals surface area contributed by atoms with E-state index in [1.165, 1.54) is 28.8 Å². The van der Waals surface area contributed by atoms with Crippen molar-refractivity contribution in [3.8, 4) is 5.00 Å². The van der Waals surface area contributed by atoms with Crippen LogP contribution in [0.25, 0.3) is 5.00 Å². The maximum absolute atomic E-state index is 12.3. The van der Waals surface area contributed by atoms with Gasteiger partial charge in [-0.3, -0.25) is 14.4 Å². The van der Waals surface area contributed by atoms with Gasteiger partial charge in [-0.2, -0.15) is 0 Å². The van der Waals surface area contributed by atoms with Crippen molar-refractivity contribution in [3.63, 3.8) is 0 Å². The van der Waals surface area contributed by atoms with Gasteiger partial charge in [-0.05, 0) is 56.5 Å². The number of aryl methyl sites for hydroxylation is 2. The van der Waals surface area contributed by atoms with Crippen molar-refractivity contribution >= 4 is 34.4 Å². The second-order valence-corrected chi connectivity index (χ2v) is 10.5. The van der Waals surface area contributed by atoms with Gasteiger partial charge in [0.25, 0.3) is 0 Å². The summed E-state index contributed by atoms with van der Waals surface area (Å²) in [5.74, 6) is 1.12. The number of rotatable bonds is 4. The lowest BCUT2D eigenvalue weighted by Crippen LogP contribution is -2.14. The van der Waals surface area contributed by atoms with Gasteiger partial charge in [-0.15, -0.1) is 21.5 Å². The first kappa shape index (κ1) is 22.7. The van der Waals surface area contributed by atoms with Crippen molar-refractivity contribution in [1.29, 1.82) is 0 Å². The normalized spacial score (nSPS) is 16.2. The molecule has 2 aliphatic heterocycles. The van der Waals surface area contributed by atoms with Crippen LogP contribution < -0.4 is 4.90 Å². The van der Waals surface area contributed by atoms with Crippen molar-refractivity contribution in [2.45, 2.75) is 39.7 Å². The number of ether oxygens (including phenoxy) is 1. The molecule has 2 aliphatic rings. The van der Waals surface area contributed by atoms with Gasteiger partial charge in [-0.25, -0.2) is 0 Å². The Morgan fingerprint density at radius 3 is 2.64 bits per heavy atom. The predicted octanol–water partition coefficient (Wildman–Crippen LogP) is 5.40. The van der Waals surface area contributed by atoms with Crippen molar-refractivity contribution in [2.75, 3.05) is 18.6 Å². The zero-order valence-electron chi connectivity index (χ0n) is 20.8. The molecule has 0 amide bonds. The number of carbonyl (C=O) groups is 1. The summed E-state index contributed by atoms with van der Waals surface area (Å²) in [5.41, 5.74) is 7.97. The van der Waals surface area contributed by atoms with Gasteiger partial charge in [0.05, 0.1) is 19.2 Å². The summed E-state index contributed by atoms with van der Waals surface area (Å²) in [6, 6.07) is 16.7. The van der Waals surface area contributed by atoms with E-state index in [2.05, 4.69) is 82.0 Å². The van der Waals surface area contributed by atoms with E-state index in [0.717, 1.165) is 46.3 Å². The van der Waals surface area contributed by atoms with E-state index in [1.807, 2.05) is 6.92 Å². The molecule has 0 saturated carbocycles. The van der Waals surface area contributed by atoms with Crippen LogP contribution in [-0.4, -0.2) is 40.1 Å². The molecule has 0 spiro atoms. The maximum atomic E-state index is 12.3. The number of nitrogens with zero attached hydrogens (tertiary/aromatic N) is 5. The topological polar surface area (TPSA) is 72.6 Å². The summed E-state index contributed by atoms with van der Waals surface area (Å²) in [6.45, 7) is 7.18. The summed E-state index contributed by atoms with van der Waals surface area (Å²) in [5, 5.41) is 9.81. The fourth-order valence-electron chi connectivity index (χ4n) is 5.17. The number of aliphatic imine (C=N–C) groups is 1. The fourth-order valence-corrected chi connectivity index (χ4v) is 6.39. The van der Waals surface area contributed by atoms with E-state index >= 15 is 0 Å². The van der Waals surface area contributed by atoms with Gasteiger partial charge < -0.3 is 9.64 Å². The van der Waals surface area contributed by atoms with Gasteiger partial charge in [-0.1, -0.05) is 30.3 Å². The maximum Gasteiger partial charge on any atom is 0.308 e. The molecule has 1 atom stereocenters. The van der Waals surface area contributed by atoms with E-state index in [1.54, 1.807) is 11.3 Å². The zero-order chi connectivity index (χ0) is 25.0. The highest BCUT2D eigenvalue weighted by Gasteiger charge is 2.32. The summed E-state index contributed by atoms with van der Waals surface area (Å²) >= 11 is 1.71. The molecule has 2 aromatic heterocycles. The standard InChI is InChI=1S/C28H27N5O2S/c1-16-17(2)36-28-25(16)26(29-22(15-24(34)35-4)27-31-30-18(3)33(27)28)20-9-11-21(12-10-20)32-14-13-19-7-5-6-8-23(19)32/h5-12,22H,13-15H2,1-4H3/t22-/m0/s1. The van der Waals surface area contributed by atoms with E-state index in [-0.39, 0.29) is 12.4 Å². The second kappa shape index (κ2) is 8.71. The lowest BCUT2D eigenvalue weighted by Gasteiger charge is -2.20. The number of para-hydroxylation sites is 1. The van der Waals surface area contributed by atoms with Gasteiger partial charge in [0.2, 0.25) is 0 Å². The predicted molar refractivity (Wildman–Crippen MR) is 142 cm³/mol. The fraction of sp³-hybridized carbons (Fsp3) is 0.286. The number of methoxy groups -OCH3 is 1. The summed E-state index contributed by atoms with van der Waals surface area (Å²) in [6.07, 6.45) is 1.16. The molecule has 0 bridgehead atoms. The summed E-state index contributed by atoms with van der Waals surface area (Å²) in [4.78, 5) is 21.1. The largest absolute Gasteiger partial charge is 0.469 e. The second-order valence-electron chi connectivity index (χ2n) is 9.26. The highest BCUT2D eigenvalue weighted by Crippen LogP contribution is 2.40. The minimum Gasteiger partial charge on any atom is -0.469 e. The van der Waals surface area contributed by atoms with Crippen LogP contribution >= 0.6 is 11.3 Å². The first-order chi connectivity index (χ1) is 17.5. The molecule has 0 saturated heterocycles. The molecule has 4 heterocycles. The number of hydrogen-bond donors (Lipinski definition) is 0. The average Bonchev–Trinajstić information content (AvgIpc) is 3.55. The van der Waals surface area contributed by atoms with Crippen molar-refractivity contribution in [1.82, 2.24) is 14.8 Å². The van der Waals surface area contributed by atoms with Gasteiger partial charge in [0, 0.05) is 33.9 Å². The van der Waals surface area contributed by atoms with Crippen LogP contribution in [0.4, 0.5) is 11.4 Å². The molecule has 2 aromatic carbocycles. The first-order valence-electron chi connectivity index (χ1n) is 12.1. The zero-order valence-corrected chi connectivity index (χ0v) is 21.6. The number of thiophene rings is 1. The Bertz CT molecular complexity index is 1520. The Labute approximate surface area is 214 Å². The molecule has 8 heteroatoms. The number of hydrogen-bond acceptors (Lipinski definition) is 7. The van der Waals surface area contributed by atoms with Gasteiger partial charge in [0.1, 0.15) is 16.9 Å². The third kappa shape index (κ3) is 3.55. The van der Waals surface area contributed by atoms with E-state index in [4.69, 9.17) is 9.73 Å². The third-order valence-corrected chi connectivity index (χ3v) is 8.36. The number of carbonyl (C=O) groups excluding carboxylic acids is 1. The Morgan fingerprint density at radius 2 is 1.86 bits per heavy atom. The molecule has 0 fully saturated rings. The molecule has 0 N–H and O–H groups in total. The summed E-state index contributed by atoms with van der Waals surface area (Å²) < 4.78 is 7.05. The number of fused-ring (bicyclic) bond motifs is 4. The minimum absolute atomic E-state index is 0.105. The van der Waals surface area contributed by atoms with E-state index in [0.29, 0.717) is 5.82 Å². The molecule has 36 heavy (non-hydrogen) atoms. The van der Waals surface area contributed by atoms with Crippen LogP contribution in [0.5, 0.6) is 0 Å². The molecule has 0 aliphatic carbocycles. The highest BCUT2D eigenvalue weighted by atomic mass is 32.1. The van der Waals surface area contributed by atoms with Crippen molar-refractivity contribution in [2.24, 2.45) is 4.99 Å². The SMILES string of the molecule is COC(=O)C[C@@H]1N=C(c2ccc(N3CCc4ccccc43)cc2)c2c(sc(C)c2C)-n2c(C)nnc21. The Balaban J connectivity index is 1.47. The number of benzene rings is 2. The molecule has 6 rings (SSSR count). The smallest absolute Gasteiger partial charge is 0.308 e. The summed E-state index contributed by atoms with van der Waals surface area (Å²) in [7, 11) is 1.40. The quantitative estimate of drug-likeness (QED) is 0.353. The van der Waals surface area contributed by atoms with Crippen LogP contribution in [0.3, 0.4) is 0 Å². The molecule has 7 nitrogen and oxygen atoms in total. The first-order valence-corrected chi connectivity index (χ1v) is 12.9. The van der Waals surface area contributed by atoms with Crippen LogP contribution in [0.15, 0.2) is 53.5 Å². The number of aromatic nitrogens is 3. The molecular weight excluding hydrogens is 470 g/mol.